The second-order valence-corrected chi connectivity index (χ2v) is 9.60. The van der Waals surface area contributed by atoms with Crippen molar-refractivity contribution < 1.29 is 15.0 Å². The topological polar surface area (TPSA) is 85.7 Å². The lowest BCUT2D eigenvalue weighted by atomic mass is 9.91. The first kappa shape index (κ1) is 18.4. The molecule has 0 aromatic carbocycles. The lowest BCUT2D eigenvalue weighted by Crippen LogP contribution is -2.38. The van der Waals surface area contributed by atoms with Crippen molar-refractivity contribution in [3.05, 3.63) is 17.8 Å². The number of thioether (sulfide) groups is 1. The molecular formula is C17H25N3O3S2. The van der Waals surface area contributed by atoms with E-state index in [9.17, 15) is 9.90 Å². The first-order valence-electron chi connectivity index (χ1n) is 8.64. The molecule has 0 spiro atoms. The van der Waals surface area contributed by atoms with E-state index in [-0.39, 0.29) is 11.2 Å². The minimum atomic E-state index is -0.839. The number of hydrogen-bond acceptors (Lipinski definition) is 7. The maximum atomic E-state index is 10.7. The van der Waals surface area contributed by atoms with Crippen molar-refractivity contribution in [3.63, 3.8) is 0 Å². The van der Waals surface area contributed by atoms with Gasteiger partial charge in [-0.15, -0.1) is 11.8 Å². The largest absolute Gasteiger partial charge is 0.508 e. The summed E-state index contributed by atoms with van der Waals surface area (Å²) in [5.74, 6) is 0.333. The summed E-state index contributed by atoms with van der Waals surface area (Å²) in [6, 6.07) is 0.459. The van der Waals surface area contributed by atoms with Gasteiger partial charge in [-0.25, -0.2) is 4.98 Å². The number of carboxylic acids is 1. The SMILES string of the molecule is CC1(C)CN(C2CCCCC2)C(Nc2ncc(SCC(=O)O)s2)=C1O. The van der Waals surface area contributed by atoms with Crippen LogP contribution in [0.5, 0.6) is 0 Å². The number of carbonyl (C=O) groups is 1. The first-order valence-corrected chi connectivity index (χ1v) is 10.4. The normalized spacial score (nSPS) is 21.0. The fraction of sp³-hybridized carbons (Fsp3) is 0.647. The van der Waals surface area contributed by atoms with Crippen molar-refractivity contribution in [2.75, 3.05) is 17.6 Å². The molecule has 2 aliphatic rings. The van der Waals surface area contributed by atoms with E-state index in [1.54, 1.807) is 6.20 Å². The Morgan fingerprint density at radius 1 is 1.44 bits per heavy atom. The van der Waals surface area contributed by atoms with Crippen LogP contribution in [0.1, 0.15) is 46.0 Å². The van der Waals surface area contributed by atoms with Gasteiger partial charge in [0.05, 0.1) is 16.2 Å². The van der Waals surface area contributed by atoms with Crippen molar-refractivity contribution in [3.8, 4) is 0 Å². The summed E-state index contributed by atoms with van der Waals surface area (Å²) in [4.78, 5) is 17.3. The van der Waals surface area contributed by atoms with Crippen molar-refractivity contribution in [1.29, 1.82) is 0 Å². The summed E-state index contributed by atoms with van der Waals surface area (Å²) in [7, 11) is 0. The molecule has 2 heterocycles. The molecule has 3 N–H and O–H groups in total. The molecule has 0 radical (unpaired) electrons. The molecule has 1 aromatic heterocycles. The zero-order valence-electron chi connectivity index (χ0n) is 14.6. The van der Waals surface area contributed by atoms with E-state index in [0.717, 1.165) is 29.4 Å². The number of anilines is 1. The molecule has 1 fully saturated rings. The fourth-order valence-corrected chi connectivity index (χ4v) is 5.08. The number of hydrogen-bond donors (Lipinski definition) is 3. The lowest BCUT2D eigenvalue weighted by molar-refractivity contribution is -0.133. The van der Waals surface area contributed by atoms with Gasteiger partial charge >= 0.3 is 5.97 Å². The molecule has 6 nitrogen and oxygen atoms in total. The van der Waals surface area contributed by atoms with Crippen LogP contribution in [0, 0.1) is 5.41 Å². The van der Waals surface area contributed by atoms with Gasteiger partial charge in [0.15, 0.2) is 5.13 Å². The third-order valence-electron chi connectivity index (χ3n) is 4.78. The van der Waals surface area contributed by atoms with Gasteiger partial charge in [0, 0.05) is 18.0 Å². The Bertz CT molecular complexity index is 666. The Labute approximate surface area is 156 Å². The van der Waals surface area contributed by atoms with Gasteiger partial charge in [0.2, 0.25) is 0 Å². The Hall–Kier alpha value is -1.41. The van der Waals surface area contributed by atoms with Gasteiger partial charge in [-0.3, -0.25) is 4.79 Å². The Kier molecular flexibility index (Phi) is 5.48. The Morgan fingerprint density at radius 2 is 2.16 bits per heavy atom. The maximum absolute atomic E-state index is 10.7. The van der Waals surface area contributed by atoms with Crippen LogP contribution in [0.15, 0.2) is 22.0 Å². The summed E-state index contributed by atoms with van der Waals surface area (Å²) in [6.45, 7) is 4.92. The molecule has 0 bridgehead atoms. The first-order chi connectivity index (χ1) is 11.9. The van der Waals surface area contributed by atoms with Crippen LogP contribution >= 0.6 is 23.1 Å². The van der Waals surface area contributed by atoms with Gasteiger partial charge in [0.25, 0.3) is 0 Å². The predicted octanol–water partition coefficient (Wildman–Crippen LogP) is 4.13. The molecule has 0 unspecified atom stereocenters. The maximum Gasteiger partial charge on any atom is 0.313 e. The minimum absolute atomic E-state index is 0.0246. The molecule has 138 valence electrons. The van der Waals surface area contributed by atoms with Crippen LogP contribution in [0.4, 0.5) is 5.13 Å². The highest BCUT2D eigenvalue weighted by Gasteiger charge is 2.41. The number of aliphatic hydroxyl groups is 1. The molecule has 25 heavy (non-hydrogen) atoms. The van der Waals surface area contributed by atoms with Crippen molar-refractivity contribution in [2.45, 2.75) is 56.2 Å². The number of thiazole rings is 1. The van der Waals surface area contributed by atoms with Crippen molar-refractivity contribution in [1.82, 2.24) is 9.88 Å². The quantitative estimate of drug-likeness (QED) is 0.637. The highest BCUT2D eigenvalue weighted by Crippen LogP contribution is 2.41. The fourth-order valence-electron chi connectivity index (χ4n) is 3.49. The second-order valence-electron chi connectivity index (χ2n) is 7.29. The zero-order valence-corrected chi connectivity index (χ0v) is 16.3. The molecule has 0 atom stereocenters. The van der Waals surface area contributed by atoms with E-state index >= 15 is 0 Å². The zero-order chi connectivity index (χ0) is 18.0. The van der Waals surface area contributed by atoms with Gasteiger partial charge < -0.3 is 20.4 Å². The highest BCUT2D eigenvalue weighted by atomic mass is 32.2. The molecule has 0 amide bonds. The number of carboxylic acid groups (broad SMARTS) is 1. The van der Waals surface area contributed by atoms with Gasteiger partial charge in [-0.1, -0.05) is 44.4 Å². The lowest BCUT2D eigenvalue weighted by Gasteiger charge is -2.35. The molecule has 1 aromatic rings. The highest BCUT2D eigenvalue weighted by molar-refractivity contribution is 8.01. The third-order valence-corrected chi connectivity index (χ3v) is 6.87. The number of aliphatic carboxylic acids is 1. The van der Waals surface area contributed by atoms with Gasteiger partial charge in [0.1, 0.15) is 11.6 Å². The number of rotatable bonds is 6. The number of aromatic nitrogens is 1. The van der Waals surface area contributed by atoms with E-state index in [0.29, 0.717) is 16.9 Å². The smallest absolute Gasteiger partial charge is 0.313 e. The molecule has 3 rings (SSSR count). The summed E-state index contributed by atoms with van der Waals surface area (Å²) in [6.07, 6.45) is 7.77. The van der Waals surface area contributed by atoms with Crippen molar-refractivity contribution >= 4 is 34.2 Å². The van der Waals surface area contributed by atoms with Crippen LogP contribution in [0.3, 0.4) is 0 Å². The molecule has 8 heteroatoms. The van der Waals surface area contributed by atoms with Crippen molar-refractivity contribution in [2.24, 2.45) is 5.41 Å². The summed E-state index contributed by atoms with van der Waals surface area (Å²) in [5, 5.41) is 23.5. The second kappa shape index (κ2) is 7.45. The molecule has 0 saturated heterocycles. The summed E-state index contributed by atoms with van der Waals surface area (Å²) in [5.41, 5.74) is -0.280. The van der Waals surface area contributed by atoms with E-state index in [1.165, 1.54) is 42.4 Å². The molecule has 1 aliphatic heterocycles. The number of aliphatic hydroxyl groups excluding tert-OH is 1. The van der Waals surface area contributed by atoms with Crippen LogP contribution in [-0.4, -0.2) is 44.4 Å². The number of nitrogens with zero attached hydrogens (tertiary/aromatic N) is 2. The predicted molar refractivity (Wildman–Crippen MR) is 101 cm³/mol. The summed E-state index contributed by atoms with van der Waals surface area (Å²) >= 11 is 2.68. The average Bonchev–Trinajstić information content (AvgIpc) is 3.12. The third kappa shape index (κ3) is 4.23. The minimum Gasteiger partial charge on any atom is -0.508 e. The average molecular weight is 384 g/mol. The Balaban J connectivity index is 1.75. The standard InChI is InChI=1S/C17H25N3O3S2/c1-17(2)10-20(11-6-4-3-5-7-11)15(14(17)23)19-16-18-8-13(25-16)24-9-12(21)22/h8,11,23H,3-7,9-10H2,1-2H3,(H,18,19)(H,21,22). The Morgan fingerprint density at radius 3 is 2.84 bits per heavy atom. The van der Waals surface area contributed by atoms with Crippen LogP contribution in [0.2, 0.25) is 0 Å². The molecular weight excluding hydrogens is 358 g/mol. The van der Waals surface area contributed by atoms with Gasteiger partial charge in [-0.2, -0.15) is 0 Å². The van der Waals surface area contributed by atoms with E-state index in [2.05, 4.69) is 29.0 Å². The monoisotopic (exact) mass is 383 g/mol. The van der Waals surface area contributed by atoms with Crippen LogP contribution < -0.4 is 5.32 Å². The van der Waals surface area contributed by atoms with Gasteiger partial charge in [-0.05, 0) is 12.8 Å². The van der Waals surface area contributed by atoms with Crippen LogP contribution in [-0.2, 0) is 4.79 Å². The number of nitrogens with one attached hydrogen (secondary N) is 1. The summed E-state index contributed by atoms with van der Waals surface area (Å²) < 4.78 is 0.853. The van der Waals surface area contributed by atoms with Crippen LogP contribution in [0.25, 0.3) is 0 Å². The van der Waals surface area contributed by atoms with E-state index in [1.807, 2.05) is 0 Å². The van der Waals surface area contributed by atoms with E-state index < -0.39 is 5.97 Å². The molecule has 1 aliphatic carbocycles. The molecule has 1 saturated carbocycles. The van der Waals surface area contributed by atoms with E-state index in [4.69, 9.17) is 5.11 Å².